The number of ketones is 1. The molecule has 34 heavy (non-hydrogen) atoms. The molecule has 3 heterocycles. The van der Waals surface area contributed by atoms with Crippen LogP contribution >= 0.6 is 11.6 Å². The van der Waals surface area contributed by atoms with Crippen LogP contribution in [-0.2, 0) is 13.1 Å². The number of halogens is 4. The Kier molecular flexibility index (Phi) is 9.10. The molecule has 0 atom stereocenters. The van der Waals surface area contributed by atoms with Gasteiger partial charge in [-0.15, -0.1) is 0 Å². The van der Waals surface area contributed by atoms with Gasteiger partial charge >= 0.3 is 6.18 Å². The van der Waals surface area contributed by atoms with Gasteiger partial charge in [0.1, 0.15) is 5.65 Å². The molecule has 1 aromatic carbocycles. The lowest BCUT2D eigenvalue weighted by Crippen LogP contribution is -2.30. The number of alkyl halides is 3. The number of fused-ring (bicyclic) bond motifs is 1. The normalized spacial score (nSPS) is 15.6. The van der Waals surface area contributed by atoms with Crippen LogP contribution in [0, 0.1) is 0 Å². The number of pyridine rings is 1. The summed E-state index contributed by atoms with van der Waals surface area (Å²) in [7, 11) is 0. The summed E-state index contributed by atoms with van der Waals surface area (Å²) in [5.74, 6) is -1.83. The molecule has 2 aromatic heterocycles. The first-order valence-corrected chi connectivity index (χ1v) is 11.9. The summed E-state index contributed by atoms with van der Waals surface area (Å²) in [5.41, 5.74) is 1.30. The van der Waals surface area contributed by atoms with Gasteiger partial charge in [-0.05, 0) is 56.7 Å². The number of benzene rings is 1. The van der Waals surface area contributed by atoms with Gasteiger partial charge in [0.2, 0.25) is 0 Å². The van der Waals surface area contributed by atoms with Crippen molar-refractivity contribution in [3.05, 3.63) is 64.9 Å². The fraction of sp³-hybridized carbons (Fsp3) is 0.440. The van der Waals surface area contributed by atoms with Crippen LogP contribution in [0.3, 0.4) is 0 Å². The zero-order valence-corrected chi connectivity index (χ0v) is 20.2. The molecule has 1 aliphatic heterocycles. The fourth-order valence-corrected chi connectivity index (χ4v) is 4.26. The van der Waals surface area contributed by atoms with Crippen LogP contribution < -0.4 is 0 Å². The highest BCUT2D eigenvalue weighted by molar-refractivity contribution is 6.31. The molecule has 0 amide bonds. The molecule has 1 fully saturated rings. The molecule has 184 valence electrons. The summed E-state index contributed by atoms with van der Waals surface area (Å²) in [4.78, 5) is 20.3. The highest BCUT2D eigenvalue weighted by Crippen LogP contribution is 2.27. The Labute approximate surface area is 203 Å². The Bertz CT molecular complexity index is 1100. The van der Waals surface area contributed by atoms with Crippen LogP contribution in [0.5, 0.6) is 0 Å². The molecule has 0 radical (unpaired) electrons. The van der Waals surface area contributed by atoms with Crippen molar-refractivity contribution in [3.8, 4) is 0 Å². The average molecular weight is 495 g/mol. The molecule has 0 spiro atoms. The number of nitrogens with zero attached hydrogens (tertiary/aromatic N) is 4. The predicted molar refractivity (Wildman–Crippen MR) is 129 cm³/mol. The van der Waals surface area contributed by atoms with Gasteiger partial charge in [-0.25, -0.2) is 4.98 Å². The van der Waals surface area contributed by atoms with E-state index in [4.69, 9.17) is 11.6 Å². The molecule has 0 N–H and O–H groups in total. The lowest BCUT2D eigenvalue weighted by Gasteiger charge is -2.21. The standard InChI is InChI=1S/C14H21ClN2.C11H9F3N2O/c1-2-16-8-5-9-17(11-10-16)12-13-6-3-4-7-14(13)15;1-2-16-6-8(9(17)11(12,13)14)7-4-3-5-15-10(7)16/h3-4,6-7H,2,5,8-12H2,1H3;3-6H,2H2,1H3. The summed E-state index contributed by atoms with van der Waals surface area (Å²) in [6.45, 7) is 11.4. The van der Waals surface area contributed by atoms with Gasteiger partial charge in [-0.1, -0.05) is 36.7 Å². The highest BCUT2D eigenvalue weighted by atomic mass is 35.5. The van der Waals surface area contributed by atoms with Gasteiger partial charge < -0.3 is 9.47 Å². The minimum atomic E-state index is -4.86. The average Bonchev–Trinajstić information content (AvgIpc) is 3.04. The molecule has 0 unspecified atom stereocenters. The van der Waals surface area contributed by atoms with E-state index in [2.05, 4.69) is 33.8 Å². The smallest absolute Gasteiger partial charge is 0.332 e. The molecule has 1 aliphatic rings. The molecule has 0 saturated carbocycles. The lowest BCUT2D eigenvalue weighted by atomic mass is 10.1. The van der Waals surface area contributed by atoms with Crippen LogP contribution in [0.15, 0.2) is 48.8 Å². The molecule has 5 nitrogen and oxygen atoms in total. The molecule has 4 rings (SSSR count). The minimum Gasteiger partial charge on any atom is -0.332 e. The first-order valence-electron chi connectivity index (χ1n) is 11.5. The number of hydrogen-bond donors (Lipinski definition) is 0. The van der Waals surface area contributed by atoms with Crippen LogP contribution in [0.4, 0.5) is 13.2 Å². The van der Waals surface area contributed by atoms with E-state index in [9.17, 15) is 18.0 Å². The van der Waals surface area contributed by atoms with E-state index in [1.807, 2.05) is 12.1 Å². The second kappa shape index (κ2) is 11.8. The molecular weight excluding hydrogens is 465 g/mol. The molecular formula is C25H30ClF3N4O. The van der Waals surface area contributed by atoms with Crippen molar-refractivity contribution < 1.29 is 18.0 Å². The summed E-state index contributed by atoms with van der Waals surface area (Å²) >= 11 is 6.20. The molecule has 0 aliphatic carbocycles. The molecule has 1 saturated heterocycles. The zero-order chi connectivity index (χ0) is 24.7. The first-order chi connectivity index (χ1) is 16.2. The van der Waals surface area contributed by atoms with Gasteiger partial charge in [0.05, 0.1) is 5.56 Å². The maximum Gasteiger partial charge on any atom is 0.454 e. The van der Waals surface area contributed by atoms with Crippen LogP contribution in [-0.4, -0.2) is 64.0 Å². The predicted octanol–water partition coefficient (Wildman–Crippen LogP) is 5.67. The van der Waals surface area contributed by atoms with Gasteiger partial charge in [0.15, 0.2) is 0 Å². The molecule has 3 aromatic rings. The third-order valence-corrected chi connectivity index (χ3v) is 6.33. The summed E-state index contributed by atoms with van der Waals surface area (Å²) in [6.07, 6.45) is -0.912. The third kappa shape index (κ3) is 6.58. The van der Waals surface area contributed by atoms with Gasteiger partial charge in [0.25, 0.3) is 5.78 Å². The molecule has 0 bridgehead atoms. The fourth-order valence-electron chi connectivity index (χ4n) is 4.06. The van der Waals surface area contributed by atoms with E-state index in [-0.39, 0.29) is 10.9 Å². The number of Topliss-reactive ketones (excluding diaryl/α,β-unsaturated/α-hetero) is 1. The summed E-state index contributed by atoms with van der Waals surface area (Å²) < 4.78 is 38.7. The number of likely N-dealkylation sites (N-methyl/N-ethyl adjacent to an activating group) is 1. The Hall–Kier alpha value is -2.42. The van der Waals surface area contributed by atoms with Crippen LogP contribution in [0.1, 0.15) is 36.2 Å². The lowest BCUT2D eigenvalue weighted by molar-refractivity contribution is -0.0884. The maximum atomic E-state index is 12.4. The van der Waals surface area contributed by atoms with Crippen molar-refractivity contribution in [2.45, 2.75) is 39.5 Å². The van der Waals surface area contributed by atoms with E-state index in [1.54, 1.807) is 6.92 Å². The topological polar surface area (TPSA) is 41.4 Å². The van der Waals surface area contributed by atoms with E-state index >= 15 is 0 Å². The van der Waals surface area contributed by atoms with Crippen molar-refractivity contribution in [1.29, 1.82) is 0 Å². The Balaban J connectivity index is 0.000000191. The quantitative estimate of drug-likeness (QED) is 0.429. The van der Waals surface area contributed by atoms with Crippen molar-refractivity contribution in [2.75, 3.05) is 32.7 Å². The van der Waals surface area contributed by atoms with Crippen LogP contribution in [0.25, 0.3) is 11.0 Å². The summed E-state index contributed by atoms with van der Waals surface area (Å²) in [6, 6.07) is 11.1. The van der Waals surface area contributed by atoms with Crippen molar-refractivity contribution >= 4 is 28.4 Å². The third-order valence-electron chi connectivity index (χ3n) is 5.96. The number of rotatable bonds is 5. The Morgan fingerprint density at radius 1 is 1.00 bits per heavy atom. The van der Waals surface area contributed by atoms with Gasteiger partial charge in [-0.3, -0.25) is 9.69 Å². The number of hydrogen-bond acceptors (Lipinski definition) is 4. The van der Waals surface area contributed by atoms with E-state index in [1.165, 1.54) is 67.3 Å². The van der Waals surface area contributed by atoms with Gasteiger partial charge in [0, 0.05) is 49.0 Å². The zero-order valence-electron chi connectivity index (χ0n) is 19.5. The molecule has 9 heteroatoms. The van der Waals surface area contributed by atoms with Crippen molar-refractivity contribution in [3.63, 3.8) is 0 Å². The monoisotopic (exact) mass is 494 g/mol. The second-order valence-electron chi connectivity index (χ2n) is 8.19. The SMILES string of the molecule is CCN1CCCN(Cc2ccccc2Cl)CC1.CCn1cc(C(=O)C(F)(F)F)c2cccnc21. The Morgan fingerprint density at radius 2 is 1.71 bits per heavy atom. The first kappa shape index (κ1) is 26.2. The van der Waals surface area contributed by atoms with Gasteiger partial charge in [-0.2, -0.15) is 13.2 Å². The Morgan fingerprint density at radius 3 is 2.38 bits per heavy atom. The number of carbonyl (C=O) groups is 1. The number of aryl methyl sites for hydroxylation is 1. The van der Waals surface area contributed by atoms with Crippen LogP contribution in [0.2, 0.25) is 5.02 Å². The minimum absolute atomic E-state index is 0.233. The maximum absolute atomic E-state index is 12.4. The van der Waals surface area contributed by atoms with Crippen molar-refractivity contribution in [1.82, 2.24) is 19.4 Å². The largest absolute Gasteiger partial charge is 0.454 e. The van der Waals surface area contributed by atoms with E-state index < -0.39 is 12.0 Å². The number of aromatic nitrogens is 2. The number of carbonyl (C=O) groups excluding carboxylic acids is 1. The summed E-state index contributed by atoms with van der Waals surface area (Å²) in [5, 5.41) is 1.13. The highest BCUT2D eigenvalue weighted by Gasteiger charge is 2.40. The second-order valence-corrected chi connectivity index (χ2v) is 8.59. The van der Waals surface area contributed by atoms with Crippen molar-refractivity contribution in [2.24, 2.45) is 0 Å². The van der Waals surface area contributed by atoms with E-state index in [0.717, 1.165) is 18.1 Å². The van der Waals surface area contributed by atoms with E-state index in [0.29, 0.717) is 12.2 Å².